The molecule has 4 nitrogen and oxygen atoms in total. The molecule has 0 bridgehead atoms. The molecule has 0 aliphatic rings. The van der Waals surface area contributed by atoms with Crippen LogP contribution in [0.25, 0.3) is 0 Å². The van der Waals surface area contributed by atoms with Crippen molar-refractivity contribution in [2.75, 3.05) is 5.32 Å². The van der Waals surface area contributed by atoms with E-state index in [0.717, 1.165) is 0 Å². The zero-order valence-electron chi connectivity index (χ0n) is 9.56. The van der Waals surface area contributed by atoms with Crippen LogP contribution in [-0.4, -0.2) is 11.2 Å². The van der Waals surface area contributed by atoms with Gasteiger partial charge in [0, 0.05) is 5.69 Å². The number of nitrogens with one attached hydrogen (secondary N) is 1. The van der Waals surface area contributed by atoms with Crippen LogP contribution in [0.2, 0.25) is 10.0 Å². The van der Waals surface area contributed by atoms with Crippen LogP contribution in [0.4, 0.5) is 10.5 Å². The molecule has 2 rings (SSSR count). The largest absolute Gasteiger partial charge is 0.505 e. The molecule has 0 saturated carbocycles. The van der Waals surface area contributed by atoms with E-state index in [1.165, 1.54) is 12.1 Å². The number of amides is 1. The number of aromatic hydroxyl groups is 1. The van der Waals surface area contributed by atoms with Gasteiger partial charge in [0.1, 0.15) is 5.75 Å². The lowest BCUT2D eigenvalue weighted by molar-refractivity contribution is 0.215. The molecule has 0 unspecified atom stereocenters. The topological polar surface area (TPSA) is 58.6 Å². The van der Waals surface area contributed by atoms with Crippen molar-refractivity contribution < 1.29 is 14.6 Å². The molecule has 2 aromatic rings. The molecule has 0 aliphatic carbocycles. The zero-order chi connectivity index (χ0) is 13.8. The molecule has 19 heavy (non-hydrogen) atoms. The maximum atomic E-state index is 11.6. The lowest BCUT2D eigenvalue weighted by Gasteiger charge is -2.08. The first-order valence-electron chi connectivity index (χ1n) is 5.28. The molecule has 2 aromatic carbocycles. The molecule has 0 aliphatic heterocycles. The van der Waals surface area contributed by atoms with Crippen molar-refractivity contribution in [2.24, 2.45) is 0 Å². The number of halogens is 2. The Balaban J connectivity index is 2.07. The van der Waals surface area contributed by atoms with Crippen LogP contribution < -0.4 is 10.1 Å². The first-order chi connectivity index (χ1) is 9.06. The minimum Gasteiger partial charge on any atom is -0.505 e. The zero-order valence-corrected chi connectivity index (χ0v) is 11.1. The number of carbonyl (C=O) groups is 1. The Labute approximate surface area is 119 Å². The highest BCUT2D eigenvalue weighted by molar-refractivity contribution is 6.37. The Hall–Kier alpha value is -1.91. The molecule has 98 valence electrons. The van der Waals surface area contributed by atoms with E-state index in [4.69, 9.17) is 27.9 Å². The van der Waals surface area contributed by atoms with E-state index < -0.39 is 6.09 Å². The molecule has 0 atom stereocenters. The average molecular weight is 298 g/mol. The van der Waals surface area contributed by atoms with Crippen molar-refractivity contribution in [3.05, 3.63) is 52.5 Å². The standard InChI is InChI=1S/C13H9Cl2NO3/c14-10-6-8(7-11(15)12(10)17)16-13(18)19-9-4-2-1-3-5-9/h1-7,17H,(H,16,18). The number of hydrogen-bond acceptors (Lipinski definition) is 3. The molecule has 0 saturated heterocycles. The van der Waals surface area contributed by atoms with E-state index in [1.807, 2.05) is 6.07 Å². The highest BCUT2D eigenvalue weighted by Crippen LogP contribution is 2.34. The molecule has 6 heteroatoms. The van der Waals surface area contributed by atoms with Crippen LogP contribution in [0, 0.1) is 0 Å². The van der Waals surface area contributed by atoms with Gasteiger partial charge in [-0.1, -0.05) is 41.4 Å². The van der Waals surface area contributed by atoms with Crippen molar-refractivity contribution in [3.8, 4) is 11.5 Å². The number of carbonyl (C=O) groups excluding carboxylic acids is 1. The number of ether oxygens (including phenoxy) is 1. The van der Waals surface area contributed by atoms with E-state index in [-0.39, 0.29) is 15.8 Å². The van der Waals surface area contributed by atoms with E-state index in [9.17, 15) is 9.90 Å². The van der Waals surface area contributed by atoms with E-state index in [2.05, 4.69) is 5.32 Å². The summed E-state index contributed by atoms with van der Waals surface area (Å²) in [5.74, 6) is 0.182. The summed E-state index contributed by atoms with van der Waals surface area (Å²) in [7, 11) is 0. The Morgan fingerprint density at radius 2 is 1.68 bits per heavy atom. The summed E-state index contributed by atoms with van der Waals surface area (Å²) in [6.07, 6.45) is -0.677. The maximum Gasteiger partial charge on any atom is 0.417 e. The van der Waals surface area contributed by atoms with Gasteiger partial charge in [0.25, 0.3) is 0 Å². The van der Waals surface area contributed by atoms with Crippen LogP contribution in [0.1, 0.15) is 0 Å². The van der Waals surface area contributed by atoms with Crippen LogP contribution in [0.3, 0.4) is 0 Å². The fourth-order valence-corrected chi connectivity index (χ4v) is 1.86. The van der Waals surface area contributed by atoms with Gasteiger partial charge in [0.2, 0.25) is 0 Å². The summed E-state index contributed by atoms with van der Waals surface area (Å²) in [6, 6.07) is 11.3. The molecular weight excluding hydrogens is 289 g/mol. The summed E-state index contributed by atoms with van der Waals surface area (Å²) in [5, 5.41) is 11.9. The van der Waals surface area contributed by atoms with Gasteiger partial charge in [-0.2, -0.15) is 0 Å². The highest BCUT2D eigenvalue weighted by Gasteiger charge is 2.10. The Bertz CT molecular complexity index is 579. The van der Waals surface area contributed by atoms with Gasteiger partial charge in [-0.05, 0) is 24.3 Å². The predicted molar refractivity (Wildman–Crippen MR) is 74.2 cm³/mol. The van der Waals surface area contributed by atoms with Crippen LogP contribution in [0.5, 0.6) is 11.5 Å². The highest BCUT2D eigenvalue weighted by atomic mass is 35.5. The minimum atomic E-state index is -0.677. The van der Waals surface area contributed by atoms with Crippen molar-refractivity contribution in [1.29, 1.82) is 0 Å². The molecular formula is C13H9Cl2NO3. The number of hydrogen-bond donors (Lipinski definition) is 2. The number of anilines is 1. The molecule has 0 spiro atoms. The van der Waals surface area contributed by atoms with Crippen molar-refractivity contribution in [2.45, 2.75) is 0 Å². The molecule has 0 heterocycles. The third-order valence-electron chi connectivity index (χ3n) is 2.22. The van der Waals surface area contributed by atoms with Crippen molar-refractivity contribution in [1.82, 2.24) is 0 Å². The summed E-state index contributed by atoms with van der Waals surface area (Å²) in [4.78, 5) is 11.6. The molecule has 0 radical (unpaired) electrons. The Morgan fingerprint density at radius 1 is 1.11 bits per heavy atom. The quantitative estimate of drug-likeness (QED) is 0.812. The van der Waals surface area contributed by atoms with Crippen LogP contribution >= 0.6 is 23.2 Å². The first kappa shape index (κ1) is 13.5. The summed E-state index contributed by atoms with van der Waals surface area (Å²) in [5.41, 5.74) is 0.328. The molecule has 0 fully saturated rings. The van der Waals surface area contributed by atoms with E-state index >= 15 is 0 Å². The fraction of sp³-hybridized carbons (Fsp3) is 0. The van der Waals surface area contributed by atoms with Gasteiger partial charge >= 0.3 is 6.09 Å². The van der Waals surface area contributed by atoms with Gasteiger partial charge in [0.05, 0.1) is 10.0 Å². The van der Waals surface area contributed by atoms with Gasteiger partial charge < -0.3 is 9.84 Å². The monoisotopic (exact) mass is 297 g/mol. The number of benzene rings is 2. The normalized spacial score (nSPS) is 10.0. The number of phenols is 1. The van der Waals surface area contributed by atoms with Gasteiger partial charge in [-0.15, -0.1) is 0 Å². The molecule has 0 aromatic heterocycles. The second-order valence-corrected chi connectivity index (χ2v) is 4.43. The number of rotatable bonds is 2. The van der Waals surface area contributed by atoms with Gasteiger partial charge in [-0.25, -0.2) is 4.79 Å². The smallest absolute Gasteiger partial charge is 0.417 e. The summed E-state index contributed by atoms with van der Waals surface area (Å²) in [6.45, 7) is 0. The molecule has 1 amide bonds. The third kappa shape index (κ3) is 3.53. The summed E-state index contributed by atoms with van der Waals surface area (Å²) >= 11 is 11.5. The van der Waals surface area contributed by atoms with Gasteiger partial charge in [-0.3, -0.25) is 5.32 Å². The lowest BCUT2D eigenvalue weighted by atomic mass is 10.3. The van der Waals surface area contributed by atoms with Gasteiger partial charge in [0.15, 0.2) is 5.75 Å². The van der Waals surface area contributed by atoms with Crippen molar-refractivity contribution >= 4 is 35.0 Å². The van der Waals surface area contributed by atoms with Crippen LogP contribution in [-0.2, 0) is 0 Å². The Kier molecular flexibility index (Phi) is 4.14. The fourth-order valence-electron chi connectivity index (χ4n) is 1.38. The third-order valence-corrected chi connectivity index (χ3v) is 2.79. The molecule has 2 N–H and O–H groups in total. The minimum absolute atomic E-state index is 0.0440. The lowest BCUT2D eigenvalue weighted by Crippen LogP contribution is -2.16. The van der Waals surface area contributed by atoms with Crippen LogP contribution in [0.15, 0.2) is 42.5 Å². The van der Waals surface area contributed by atoms with E-state index in [1.54, 1.807) is 24.3 Å². The second-order valence-electron chi connectivity index (χ2n) is 3.62. The number of phenolic OH excluding ortho intramolecular Hbond substituents is 1. The van der Waals surface area contributed by atoms with Crippen molar-refractivity contribution in [3.63, 3.8) is 0 Å². The average Bonchev–Trinajstić information content (AvgIpc) is 2.37. The second kappa shape index (κ2) is 5.82. The SMILES string of the molecule is O=C(Nc1cc(Cl)c(O)c(Cl)c1)Oc1ccccc1. The maximum absolute atomic E-state index is 11.6. The number of para-hydroxylation sites is 1. The first-order valence-corrected chi connectivity index (χ1v) is 6.04. The van der Waals surface area contributed by atoms with E-state index in [0.29, 0.717) is 11.4 Å². The predicted octanol–water partition coefficient (Wildman–Crippen LogP) is 4.31. The summed E-state index contributed by atoms with van der Waals surface area (Å²) < 4.78 is 5.03. The Morgan fingerprint density at radius 3 is 2.26 bits per heavy atom.